The second kappa shape index (κ2) is 19.5. The van der Waals surface area contributed by atoms with Gasteiger partial charge in [-0.15, -0.1) is 26.3 Å². The maximum atomic E-state index is 14.1. The van der Waals surface area contributed by atoms with E-state index in [9.17, 15) is 19.2 Å². The molecule has 2 aliphatic heterocycles. The van der Waals surface area contributed by atoms with Gasteiger partial charge >= 0.3 is 12.2 Å². The van der Waals surface area contributed by atoms with Gasteiger partial charge in [0.2, 0.25) is 11.8 Å². The SMILES string of the molecule is C=CC(C=C)[C@H](NC(=O)OC)C(=O)N1C[C@@H](C=C)C[C@H]1c1nc2ccc(-c3cnc(-c4ccc5nc([C@@H]6C[C@H](C=N)CN6C(=O)[C@@H](NC(=O)OC=N)C(C=C)C=N)[nH]c5c4)cn3)cc2[nH]1. The van der Waals surface area contributed by atoms with E-state index in [2.05, 4.69) is 51.7 Å². The summed E-state index contributed by atoms with van der Waals surface area (Å²) in [7, 11) is 1.23. The van der Waals surface area contributed by atoms with Gasteiger partial charge in [-0.1, -0.05) is 36.4 Å². The molecule has 0 bridgehead atoms. The maximum absolute atomic E-state index is 14.1. The number of carbonyl (C=O) groups excluding carboxylic acids is 4. The molecule has 0 aliphatic carbocycles. The number of fused-ring (bicyclic) bond motifs is 2. The number of likely N-dealkylation sites (tertiary alicyclic amines) is 2. The predicted molar refractivity (Wildman–Crippen MR) is 244 cm³/mol. The van der Waals surface area contributed by atoms with E-state index < -0.39 is 54.1 Å². The third-order valence-corrected chi connectivity index (χ3v) is 11.9. The highest BCUT2D eigenvalue weighted by Gasteiger charge is 2.43. The number of aromatic amines is 2. The number of aromatic nitrogens is 6. The summed E-state index contributed by atoms with van der Waals surface area (Å²) in [5.74, 6) is -1.46. The Morgan fingerprint density at radius 3 is 1.68 bits per heavy atom. The van der Waals surface area contributed by atoms with Crippen molar-refractivity contribution in [3.8, 4) is 22.5 Å². The average molecular weight is 880 g/mol. The molecule has 7 atom stereocenters. The van der Waals surface area contributed by atoms with Crippen LogP contribution in [0.2, 0.25) is 0 Å². The molecule has 0 saturated carbocycles. The molecule has 1 unspecified atom stereocenters. The Kier molecular flexibility index (Phi) is 13.5. The van der Waals surface area contributed by atoms with E-state index in [0.717, 1.165) is 22.9 Å². The Balaban J connectivity index is 1.10. The first-order chi connectivity index (χ1) is 31.5. The molecule has 19 heteroatoms. The van der Waals surface area contributed by atoms with Crippen molar-refractivity contribution >= 4 is 64.9 Å². The summed E-state index contributed by atoms with van der Waals surface area (Å²) < 4.78 is 9.39. The van der Waals surface area contributed by atoms with Gasteiger partial charge in [0.1, 0.15) is 23.7 Å². The van der Waals surface area contributed by atoms with Gasteiger partial charge in [-0.2, -0.15) is 0 Å². The van der Waals surface area contributed by atoms with Gasteiger partial charge in [0.05, 0.1) is 65.0 Å². The molecule has 3 aromatic heterocycles. The van der Waals surface area contributed by atoms with Gasteiger partial charge in [-0.25, -0.2) is 19.6 Å². The zero-order valence-corrected chi connectivity index (χ0v) is 35.6. The summed E-state index contributed by atoms with van der Waals surface area (Å²) >= 11 is 0. The van der Waals surface area contributed by atoms with Gasteiger partial charge in [0, 0.05) is 54.4 Å². The number of nitrogens with one attached hydrogen (secondary N) is 7. The first-order valence-electron chi connectivity index (χ1n) is 20.7. The van der Waals surface area contributed by atoms with E-state index in [4.69, 9.17) is 40.9 Å². The Hall–Kier alpha value is -8.09. The number of amides is 4. The highest BCUT2D eigenvalue weighted by molar-refractivity contribution is 5.91. The third-order valence-electron chi connectivity index (χ3n) is 11.9. The van der Waals surface area contributed by atoms with Gasteiger partial charge in [0.15, 0.2) is 6.40 Å². The summed E-state index contributed by atoms with van der Waals surface area (Å²) in [6.07, 6.45) is 11.6. The van der Waals surface area contributed by atoms with Crippen LogP contribution < -0.4 is 10.6 Å². The lowest BCUT2D eigenvalue weighted by atomic mass is 9.98. The number of nitrogens with zero attached hydrogens (tertiary/aromatic N) is 6. The number of imidazole rings is 2. The predicted octanol–water partition coefficient (Wildman–Crippen LogP) is 6.04. The Morgan fingerprint density at radius 2 is 1.23 bits per heavy atom. The summed E-state index contributed by atoms with van der Waals surface area (Å²) in [5.41, 5.74) is 5.51. The normalized spacial score (nSPS) is 19.5. The maximum Gasteiger partial charge on any atom is 0.414 e. The highest BCUT2D eigenvalue weighted by Crippen LogP contribution is 2.38. The first-order valence-corrected chi connectivity index (χ1v) is 20.7. The molecule has 5 heterocycles. The van der Waals surface area contributed by atoms with Crippen LogP contribution in [0.3, 0.4) is 0 Å². The lowest BCUT2D eigenvalue weighted by Crippen LogP contribution is -2.52. The van der Waals surface area contributed by atoms with Crippen LogP contribution in [0, 0.1) is 39.9 Å². The van der Waals surface area contributed by atoms with E-state index >= 15 is 0 Å². The summed E-state index contributed by atoms with van der Waals surface area (Å²) in [5, 5.41) is 28.0. The number of alkyl carbamates (subject to hydrolysis) is 2. The minimum Gasteiger partial charge on any atom is -0.453 e. The number of hydrogen-bond acceptors (Lipinski definition) is 13. The topological polar surface area (TPSA) is 272 Å². The van der Waals surface area contributed by atoms with Crippen LogP contribution in [-0.4, -0.2) is 115 Å². The van der Waals surface area contributed by atoms with Crippen LogP contribution in [0.5, 0.6) is 0 Å². The van der Waals surface area contributed by atoms with E-state index in [0.29, 0.717) is 65.4 Å². The molecule has 2 aromatic carbocycles. The highest BCUT2D eigenvalue weighted by atomic mass is 16.5. The fourth-order valence-electron chi connectivity index (χ4n) is 8.42. The molecule has 0 spiro atoms. The fourth-order valence-corrected chi connectivity index (χ4v) is 8.42. The van der Waals surface area contributed by atoms with Crippen LogP contribution in [0.4, 0.5) is 9.59 Å². The molecule has 2 fully saturated rings. The third kappa shape index (κ3) is 9.20. The van der Waals surface area contributed by atoms with E-state index in [1.54, 1.807) is 29.4 Å². The minimum absolute atomic E-state index is 0.00353. The zero-order chi connectivity index (χ0) is 46.4. The van der Waals surface area contributed by atoms with E-state index in [-0.39, 0.29) is 24.3 Å². The van der Waals surface area contributed by atoms with Gasteiger partial charge < -0.3 is 50.7 Å². The van der Waals surface area contributed by atoms with Crippen molar-refractivity contribution in [1.82, 2.24) is 50.3 Å². The van der Waals surface area contributed by atoms with Crippen LogP contribution in [0.25, 0.3) is 44.6 Å². The van der Waals surface area contributed by atoms with Crippen molar-refractivity contribution in [2.75, 3.05) is 20.2 Å². The Labute approximate surface area is 373 Å². The van der Waals surface area contributed by atoms with Crippen LogP contribution in [-0.2, 0) is 19.1 Å². The van der Waals surface area contributed by atoms with Crippen LogP contribution in [0.15, 0.2) is 99.4 Å². The van der Waals surface area contributed by atoms with E-state index in [1.165, 1.54) is 24.3 Å². The van der Waals surface area contributed by atoms with Gasteiger partial charge in [0.25, 0.3) is 0 Å². The smallest absolute Gasteiger partial charge is 0.414 e. The number of rotatable bonds is 17. The number of H-pyrrole nitrogens is 2. The molecule has 334 valence electrons. The second-order valence-electron chi connectivity index (χ2n) is 15.7. The lowest BCUT2D eigenvalue weighted by molar-refractivity contribution is -0.135. The molecule has 65 heavy (non-hydrogen) atoms. The molecule has 2 saturated heterocycles. The second-order valence-corrected chi connectivity index (χ2v) is 15.7. The fraction of sp³-hybridized carbons (Fsp3) is 0.283. The summed E-state index contributed by atoms with van der Waals surface area (Å²) in [4.78, 5) is 81.8. The molecule has 4 amide bonds. The molecule has 19 nitrogen and oxygen atoms in total. The summed E-state index contributed by atoms with van der Waals surface area (Å²) in [6.45, 7) is 15.9. The molecule has 5 aromatic rings. The number of benzene rings is 2. The van der Waals surface area contributed by atoms with Crippen molar-refractivity contribution in [1.29, 1.82) is 16.2 Å². The van der Waals surface area contributed by atoms with Gasteiger partial charge in [-0.3, -0.25) is 25.0 Å². The van der Waals surface area contributed by atoms with Crippen molar-refractivity contribution in [3.05, 3.63) is 111 Å². The Bertz CT molecular complexity index is 2680. The van der Waals surface area contributed by atoms with E-state index in [1.807, 2.05) is 42.5 Å². The standard InChI is InChI=1S/C46H49N13O6/c1-6-25-14-37(58(22-25)43(60)39(27(7-2)8-3)56-45(62)64-5)41-52-31-12-10-29(16-33(31)54-41)35-20-51-36(21-50-35)30-11-13-32-34(17-30)55-42(53-32)38-15-26(18-47)23-59(38)44(61)40(28(9-4)19-48)57-46(63)65-24-49/h6-13,16-21,24-28,37-40,47-49H,1-4,14-15,22-23H2,5H3,(H,52,54)(H,53,55)(H,56,62)(H,57,63)/t25-,26+,28?,37-,38-,39-,40-/m0/s1. The number of hydrogen-bond donors (Lipinski definition) is 7. The van der Waals surface area contributed by atoms with Gasteiger partial charge in [-0.05, 0) is 43.0 Å². The van der Waals surface area contributed by atoms with Crippen molar-refractivity contribution < 1.29 is 28.7 Å². The quantitative estimate of drug-likeness (QED) is 0.0323. The minimum atomic E-state index is -1.24. The molecule has 7 rings (SSSR count). The van der Waals surface area contributed by atoms with Crippen molar-refractivity contribution in [2.24, 2.45) is 23.7 Å². The average Bonchev–Trinajstić information content (AvgIpc) is 4.15. The van der Waals surface area contributed by atoms with Crippen molar-refractivity contribution in [2.45, 2.75) is 37.0 Å². The van der Waals surface area contributed by atoms with Crippen LogP contribution in [0.1, 0.15) is 36.6 Å². The first kappa shape index (κ1) is 44.9. The Morgan fingerprint density at radius 1 is 0.738 bits per heavy atom. The lowest BCUT2D eigenvalue weighted by Gasteiger charge is -2.30. The largest absolute Gasteiger partial charge is 0.453 e. The molecular weight excluding hydrogens is 831 g/mol. The number of ether oxygens (including phenoxy) is 2. The van der Waals surface area contributed by atoms with Crippen LogP contribution >= 0.6 is 0 Å². The molecule has 7 N–H and O–H groups in total. The monoisotopic (exact) mass is 879 g/mol. The number of carbonyl (C=O) groups is 4. The molecule has 0 radical (unpaired) electrons. The summed E-state index contributed by atoms with van der Waals surface area (Å²) in [6, 6.07) is 8.07. The number of methoxy groups -OCH3 is 1. The molecular formula is C46H49N13O6. The van der Waals surface area contributed by atoms with Crippen molar-refractivity contribution in [3.63, 3.8) is 0 Å². The molecule has 2 aliphatic rings. The zero-order valence-electron chi connectivity index (χ0n) is 35.6.